The van der Waals surface area contributed by atoms with Gasteiger partial charge in [0.15, 0.2) is 6.61 Å². The first-order valence-electron chi connectivity index (χ1n) is 11.7. The quantitative estimate of drug-likeness (QED) is 0.518. The molecule has 0 saturated carbocycles. The Morgan fingerprint density at radius 3 is 2.21 bits per heavy atom. The van der Waals surface area contributed by atoms with Crippen molar-refractivity contribution in [2.24, 2.45) is 5.92 Å². The van der Waals surface area contributed by atoms with Crippen LogP contribution in [0.3, 0.4) is 0 Å². The van der Waals surface area contributed by atoms with E-state index in [0.29, 0.717) is 23.6 Å². The molecule has 2 amide bonds. The highest BCUT2D eigenvalue weighted by Gasteiger charge is 2.27. The van der Waals surface area contributed by atoms with E-state index >= 15 is 0 Å². The summed E-state index contributed by atoms with van der Waals surface area (Å²) in [4.78, 5) is 39.8. The van der Waals surface area contributed by atoms with Crippen molar-refractivity contribution in [3.8, 4) is 5.75 Å². The number of anilines is 2. The summed E-state index contributed by atoms with van der Waals surface area (Å²) in [5, 5.41) is 5.43. The molecule has 0 bridgehead atoms. The molecule has 1 fully saturated rings. The van der Waals surface area contributed by atoms with Crippen LogP contribution in [0.5, 0.6) is 5.75 Å². The van der Waals surface area contributed by atoms with Gasteiger partial charge < -0.3 is 25.0 Å². The van der Waals surface area contributed by atoms with Crippen LogP contribution in [0.1, 0.15) is 44.0 Å². The summed E-state index contributed by atoms with van der Waals surface area (Å²) in [5.41, 5.74) is 2.16. The molecule has 2 aromatic rings. The number of nitrogens with one attached hydrogen (secondary N) is 2. The monoisotopic (exact) mass is 467 g/mol. The number of benzene rings is 2. The van der Waals surface area contributed by atoms with Gasteiger partial charge in [-0.2, -0.15) is 0 Å². The summed E-state index contributed by atoms with van der Waals surface area (Å²) in [7, 11) is 0. The molecule has 2 aromatic carbocycles. The van der Waals surface area contributed by atoms with E-state index in [1.54, 1.807) is 38.1 Å². The molecule has 1 atom stereocenters. The van der Waals surface area contributed by atoms with Crippen LogP contribution in [0.2, 0.25) is 0 Å². The van der Waals surface area contributed by atoms with E-state index in [1.807, 2.05) is 31.2 Å². The third-order valence-electron chi connectivity index (χ3n) is 5.60. The Morgan fingerprint density at radius 1 is 0.971 bits per heavy atom. The first kappa shape index (κ1) is 25.1. The zero-order chi connectivity index (χ0) is 24.5. The molecular weight excluding hydrogens is 434 g/mol. The Bertz CT molecular complexity index is 967. The highest BCUT2D eigenvalue weighted by Crippen LogP contribution is 2.22. The van der Waals surface area contributed by atoms with Crippen LogP contribution >= 0.6 is 0 Å². The van der Waals surface area contributed by atoms with Crippen LogP contribution in [-0.2, 0) is 14.3 Å². The van der Waals surface area contributed by atoms with Gasteiger partial charge in [0, 0.05) is 30.0 Å². The highest BCUT2D eigenvalue weighted by atomic mass is 16.5. The summed E-state index contributed by atoms with van der Waals surface area (Å²) in [5.74, 6) is -1.06. The molecule has 1 aliphatic heterocycles. The Labute approximate surface area is 200 Å². The SMILES string of the molecule is CCOc1ccc(C(=O)N[C@H](C(=O)OCC(=O)Nc2ccc(N3CCCC3)cc2)C(C)C)cc1. The van der Waals surface area contributed by atoms with Gasteiger partial charge in [-0.15, -0.1) is 0 Å². The van der Waals surface area contributed by atoms with E-state index in [9.17, 15) is 14.4 Å². The van der Waals surface area contributed by atoms with Gasteiger partial charge in [-0.1, -0.05) is 13.8 Å². The van der Waals surface area contributed by atoms with Crippen molar-refractivity contribution >= 4 is 29.2 Å². The molecular formula is C26H33N3O5. The summed E-state index contributed by atoms with van der Waals surface area (Å²) in [6.07, 6.45) is 2.39. The maximum Gasteiger partial charge on any atom is 0.329 e. The normalized spacial score (nSPS) is 13.9. The van der Waals surface area contributed by atoms with E-state index < -0.39 is 30.4 Å². The van der Waals surface area contributed by atoms with Crippen molar-refractivity contribution in [1.82, 2.24) is 5.32 Å². The number of nitrogens with zero attached hydrogens (tertiary/aromatic N) is 1. The summed E-state index contributed by atoms with van der Waals surface area (Å²) < 4.78 is 10.6. The van der Waals surface area contributed by atoms with Crippen LogP contribution in [0.4, 0.5) is 11.4 Å². The third-order valence-corrected chi connectivity index (χ3v) is 5.60. The molecule has 8 heteroatoms. The van der Waals surface area contributed by atoms with E-state index in [0.717, 1.165) is 18.8 Å². The van der Waals surface area contributed by atoms with Crippen molar-refractivity contribution in [1.29, 1.82) is 0 Å². The average Bonchev–Trinajstić information content (AvgIpc) is 3.37. The standard InChI is InChI=1S/C26H33N3O5/c1-4-33-22-13-7-19(8-14-22)25(31)28-24(18(2)3)26(32)34-17-23(30)27-20-9-11-21(12-10-20)29-15-5-6-16-29/h7-14,18,24H,4-6,15-17H2,1-3H3,(H,27,30)(H,28,31)/t24-/m0/s1. The number of ether oxygens (including phenoxy) is 2. The smallest absolute Gasteiger partial charge is 0.329 e. The average molecular weight is 468 g/mol. The topological polar surface area (TPSA) is 97.0 Å². The number of hydrogen-bond donors (Lipinski definition) is 2. The van der Waals surface area contributed by atoms with Gasteiger partial charge in [0.05, 0.1) is 6.61 Å². The van der Waals surface area contributed by atoms with Crippen LogP contribution in [0, 0.1) is 5.92 Å². The van der Waals surface area contributed by atoms with E-state index in [-0.39, 0.29) is 5.92 Å². The summed E-state index contributed by atoms with van der Waals surface area (Å²) in [6.45, 7) is 7.67. The molecule has 34 heavy (non-hydrogen) atoms. The lowest BCUT2D eigenvalue weighted by Gasteiger charge is -2.21. The molecule has 1 saturated heterocycles. The second kappa shape index (κ2) is 12.1. The molecule has 8 nitrogen and oxygen atoms in total. The van der Waals surface area contributed by atoms with Crippen molar-refractivity contribution in [3.63, 3.8) is 0 Å². The molecule has 0 aromatic heterocycles. The molecule has 1 heterocycles. The van der Waals surface area contributed by atoms with Gasteiger partial charge in [0.25, 0.3) is 11.8 Å². The van der Waals surface area contributed by atoms with E-state index in [2.05, 4.69) is 15.5 Å². The van der Waals surface area contributed by atoms with Crippen LogP contribution in [0.15, 0.2) is 48.5 Å². The molecule has 1 aliphatic rings. The second-order valence-corrected chi connectivity index (χ2v) is 8.55. The van der Waals surface area contributed by atoms with E-state index in [4.69, 9.17) is 9.47 Å². The number of hydrogen-bond acceptors (Lipinski definition) is 6. The Kier molecular flexibility index (Phi) is 8.90. The maximum atomic E-state index is 12.6. The van der Waals surface area contributed by atoms with Gasteiger partial charge in [0.2, 0.25) is 0 Å². The second-order valence-electron chi connectivity index (χ2n) is 8.55. The molecule has 2 N–H and O–H groups in total. The van der Waals surface area contributed by atoms with Crippen LogP contribution < -0.4 is 20.3 Å². The Balaban J connectivity index is 1.49. The first-order valence-corrected chi connectivity index (χ1v) is 11.7. The van der Waals surface area contributed by atoms with Crippen LogP contribution in [-0.4, -0.2) is 50.1 Å². The fraction of sp³-hybridized carbons (Fsp3) is 0.423. The van der Waals surface area contributed by atoms with Gasteiger partial charge in [0.1, 0.15) is 11.8 Å². The summed E-state index contributed by atoms with van der Waals surface area (Å²) in [6, 6.07) is 13.4. The van der Waals surface area contributed by atoms with Crippen molar-refractivity contribution < 1.29 is 23.9 Å². The predicted molar refractivity (Wildman–Crippen MR) is 131 cm³/mol. The van der Waals surface area contributed by atoms with E-state index in [1.165, 1.54) is 12.8 Å². The molecule has 3 rings (SSSR count). The largest absolute Gasteiger partial charge is 0.494 e. The van der Waals surface area contributed by atoms with Crippen molar-refractivity contribution in [3.05, 3.63) is 54.1 Å². The van der Waals surface area contributed by atoms with Crippen molar-refractivity contribution in [2.45, 2.75) is 39.7 Å². The number of carbonyl (C=O) groups excluding carboxylic acids is 3. The fourth-order valence-electron chi connectivity index (χ4n) is 3.75. The zero-order valence-electron chi connectivity index (χ0n) is 20.0. The van der Waals surface area contributed by atoms with Crippen LogP contribution in [0.25, 0.3) is 0 Å². The first-order chi connectivity index (χ1) is 16.4. The number of rotatable bonds is 10. The number of carbonyl (C=O) groups is 3. The number of esters is 1. The predicted octanol–water partition coefficient (Wildman–Crippen LogP) is 3.62. The molecule has 0 aliphatic carbocycles. The minimum atomic E-state index is -0.883. The molecule has 0 radical (unpaired) electrons. The van der Waals surface area contributed by atoms with Gasteiger partial charge >= 0.3 is 5.97 Å². The highest BCUT2D eigenvalue weighted by molar-refractivity contribution is 5.97. The Morgan fingerprint density at radius 2 is 1.62 bits per heavy atom. The lowest BCUT2D eigenvalue weighted by molar-refractivity contribution is -0.150. The zero-order valence-corrected chi connectivity index (χ0v) is 20.0. The molecule has 182 valence electrons. The lowest BCUT2D eigenvalue weighted by Crippen LogP contribution is -2.45. The Hall–Kier alpha value is -3.55. The molecule has 0 unspecified atom stereocenters. The third kappa shape index (κ3) is 6.97. The van der Waals surface area contributed by atoms with Gasteiger partial charge in [-0.05, 0) is 74.2 Å². The minimum Gasteiger partial charge on any atom is -0.494 e. The fourth-order valence-corrected chi connectivity index (χ4v) is 3.75. The number of amides is 2. The molecule has 0 spiro atoms. The van der Waals surface area contributed by atoms with Gasteiger partial charge in [-0.25, -0.2) is 4.79 Å². The van der Waals surface area contributed by atoms with Crippen molar-refractivity contribution in [2.75, 3.05) is 36.5 Å². The van der Waals surface area contributed by atoms with Gasteiger partial charge in [-0.3, -0.25) is 9.59 Å². The maximum absolute atomic E-state index is 12.6. The lowest BCUT2D eigenvalue weighted by atomic mass is 10.0. The summed E-state index contributed by atoms with van der Waals surface area (Å²) >= 11 is 0. The minimum absolute atomic E-state index is 0.222.